The minimum absolute atomic E-state index is 0.244. The highest BCUT2D eigenvalue weighted by molar-refractivity contribution is 5.91. The predicted octanol–water partition coefficient (Wildman–Crippen LogP) is 2.33. The highest BCUT2D eigenvalue weighted by Gasteiger charge is 2.23. The quantitative estimate of drug-likeness (QED) is 0.739. The summed E-state index contributed by atoms with van der Waals surface area (Å²) >= 11 is 0. The summed E-state index contributed by atoms with van der Waals surface area (Å²) in [5.74, 6) is 0.143. The van der Waals surface area contributed by atoms with Gasteiger partial charge >= 0.3 is 5.97 Å². The lowest BCUT2D eigenvalue weighted by atomic mass is 10.1. The highest BCUT2D eigenvalue weighted by Crippen LogP contribution is 2.32. The van der Waals surface area contributed by atoms with E-state index in [1.165, 1.54) is 12.8 Å². The molecule has 1 N–H and O–H groups in total. The Morgan fingerprint density at radius 3 is 2.76 bits per heavy atom. The molecule has 1 heterocycles. The SMILES string of the molecule is CCN(CCN1CCOCC1)c1ccc(C(=O)O)c(OCC2CC2)c1. The van der Waals surface area contributed by atoms with Gasteiger partial charge in [0.25, 0.3) is 0 Å². The summed E-state index contributed by atoms with van der Waals surface area (Å²) in [4.78, 5) is 16.1. The molecule has 6 heteroatoms. The number of carbonyl (C=O) groups is 1. The minimum atomic E-state index is -0.936. The molecule has 1 aliphatic carbocycles. The maximum atomic E-state index is 11.5. The van der Waals surface area contributed by atoms with Crippen molar-refractivity contribution in [3.05, 3.63) is 23.8 Å². The normalized spacial score (nSPS) is 18.1. The Morgan fingerprint density at radius 1 is 1.36 bits per heavy atom. The number of carboxylic acids is 1. The second-order valence-electron chi connectivity index (χ2n) is 6.77. The molecule has 0 spiro atoms. The van der Waals surface area contributed by atoms with Crippen molar-refractivity contribution in [3.63, 3.8) is 0 Å². The van der Waals surface area contributed by atoms with Crippen LogP contribution in [0, 0.1) is 5.92 Å². The Balaban J connectivity index is 1.66. The van der Waals surface area contributed by atoms with Crippen LogP contribution in [0.15, 0.2) is 18.2 Å². The van der Waals surface area contributed by atoms with Crippen molar-refractivity contribution in [2.24, 2.45) is 5.92 Å². The predicted molar refractivity (Wildman–Crippen MR) is 96.8 cm³/mol. The summed E-state index contributed by atoms with van der Waals surface area (Å²) in [7, 11) is 0. The first-order valence-electron chi connectivity index (χ1n) is 9.22. The molecule has 2 fully saturated rings. The Kier molecular flexibility index (Phi) is 6.15. The summed E-state index contributed by atoms with van der Waals surface area (Å²) in [6.07, 6.45) is 2.37. The van der Waals surface area contributed by atoms with Crippen molar-refractivity contribution in [3.8, 4) is 5.75 Å². The van der Waals surface area contributed by atoms with Gasteiger partial charge in [0.15, 0.2) is 0 Å². The molecule has 138 valence electrons. The average Bonchev–Trinajstić information content (AvgIpc) is 3.46. The van der Waals surface area contributed by atoms with E-state index in [9.17, 15) is 9.90 Å². The number of nitrogens with zero attached hydrogens (tertiary/aromatic N) is 2. The minimum Gasteiger partial charge on any atom is -0.492 e. The van der Waals surface area contributed by atoms with Crippen molar-refractivity contribution in [2.45, 2.75) is 19.8 Å². The molecule has 1 aromatic rings. The van der Waals surface area contributed by atoms with Crippen molar-refractivity contribution >= 4 is 11.7 Å². The Morgan fingerprint density at radius 2 is 2.12 bits per heavy atom. The van der Waals surface area contributed by atoms with Crippen LogP contribution in [0.4, 0.5) is 5.69 Å². The van der Waals surface area contributed by atoms with Crippen molar-refractivity contribution in [1.29, 1.82) is 0 Å². The number of ether oxygens (including phenoxy) is 2. The molecule has 6 nitrogen and oxygen atoms in total. The van der Waals surface area contributed by atoms with Crippen LogP contribution in [0.1, 0.15) is 30.1 Å². The summed E-state index contributed by atoms with van der Waals surface area (Å²) in [5.41, 5.74) is 1.26. The van der Waals surface area contributed by atoms with Gasteiger partial charge in [0.2, 0.25) is 0 Å². The van der Waals surface area contributed by atoms with E-state index < -0.39 is 5.97 Å². The van der Waals surface area contributed by atoms with E-state index in [4.69, 9.17) is 9.47 Å². The van der Waals surface area contributed by atoms with Gasteiger partial charge in [-0.05, 0) is 37.8 Å². The molecule has 2 aliphatic rings. The van der Waals surface area contributed by atoms with E-state index in [-0.39, 0.29) is 5.56 Å². The van der Waals surface area contributed by atoms with Crippen molar-refractivity contribution in [2.75, 3.05) is 57.4 Å². The zero-order valence-corrected chi connectivity index (χ0v) is 14.9. The monoisotopic (exact) mass is 348 g/mol. The van der Waals surface area contributed by atoms with Gasteiger partial charge in [0.05, 0.1) is 19.8 Å². The molecule has 0 atom stereocenters. The molecule has 1 aliphatic heterocycles. The molecule has 1 saturated carbocycles. The van der Waals surface area contributed by atoms with Gasteiger partial charge in [-0.2, -0.15) is 0 Å². The maximum absolute atomic E-state index is 11.5. The number of benzene rings is 1. The summed E-state index contributed by atoms with van der Waals surface area (Å²) in [6.45, 7) is 9.06. The number of likely N-dealkylation sites (N-methyl/N-ethyl adjacent to an activating group) is 1. The first kappa shape index (κ1) is 18.0. The molecule has 0 aromatic heterocycles. The molecule has 0 radical (unpaired) electrons. The van der Waals surface area contributed by atoms with Gasteiger partial charge in [0.1, 0.15) is 11.3 Å². The van der Waals surface area contributed by atoms with Gasteiger partial charge < -0.3 is 19.5 Å². The lowest BCUT2D eigenvalue weighted by Crippen LogP contribution is -2.41. The number of rotatable bonds is 9. The number of aromatic carboxylic acids is 1. The number of morpholine rings is 1. The lowest BCUT2D eigenvalue weighted by molar-refractivity contribution is 0.0392. The fourth-order valence-electron chi connectivity index (χ4n) is 3.05. The number of hydrogen-bond donors (Lipinski definition) is 1. The van der Waals surface area contributed by atoms with Crippen LogP contribution in [-0.2, 0) is 4.74 Å². The largest absolute Gasteiger partial charge is 0.492 e. The summed E-state index contributed by atoms with van der Waals surface area (Å²) in [6, 6.07) is 5.43. The fraction of sp³-hybridized carbons (Fsp3) is 0.632. The Hall–Kier alpha value is -1.79. The van der Waals surface area contributed by atoms with Crippen LogP contribution < -0.4 is 9.64 Å². The van der Waals surface area contributed by atoms with E-state index in [2.05, 4.69) is 16.7 Å². The molecular formula is C19H28N2O4. The Bertz CT molecular complexity index is 583. The van der Waals surface area contributed by atoms with Gasteiger partial charge in [0, 0.05) is 44.5 Å². The molecule has 0 amide bonds. The van der Waals surface area contributed by atoms with E-state index >= 15 is 0 Å². The third-order valence-electron chi connectivity index (χ3n) is 4.90. The number of anilines is 1. The molecule has 25 heavy (non-hydrogen) atoms. The van der Waals surface area contributed by atoms with Crippen LogP contribution >= 0.6 is 0 Å². The molecule has 0 unspecified atom stereocenters. The fourth-order valence-corrected chi connectivity index (χ4v) is 3.05. The second-order valence-corrected chi connectivity index (χ2v) is 6.77. The average molecular weight is 348 g/mol. The van der Waals surface area contributed by atoms with Crippen LogP contribution in [0.3, 0.4) is 0 Å². The zero-order valence-electron chi connectivity index (χ0n) is 14.9. The molecule has 0 bridgehead atoms. The van der Waals surface area contributed by atoms with Crippen LogP contribution in [0.5, 0.6) is 5.75 Å². The van der Waals surface area contributed by atoms with Gasteiger partial charge in [-0.1, -0.05) is 0 Å². The third-order valence-corrected chi connectivity index (χ3v) is 4.90. The molecule has 1 aromatic carbocycles. The Labute approximate surface area is 149 Å². The van der Waals surface area contributed by atoms with Gasteiger partial charge in [-0.3, -0.25) is 4.90 Å². The highest BCUT2D eigenvalue weighted by atomic mass is 16.5. The summed E-state index contributed by atoms with van der Waals surface area (Å²) < 4.78 is 11.2. The van der Waals surface area contributed by atoms with Crippen molar-refractivity contribution in [1.82, 2.24) is 4.90 Å². The van der Waals surface area contributed by atoms with E-state index in [1.54, 1.807) is 6.07 Å². The molecule has 1 saturated heterocycles. The van der Waals surface area contributed by atoms with Gasteiger partial charge in [-0.25, -0.2) is 4.79 Å². The van der Waals surface area contributed by atoms with Gasteiger partial charge in [-0.15, -0.1) is 0 Å². The lowest BCUT2D eigenvalue weighted by Gasteiger charge is -2.30. The molecular weight excluding hydrogens is 320 g/mol. The standard InChI is InChI=1S/C19H28N2O4/c1-2-21(8-7-20-9-11-24-12-10-20)16-5-6-17(19(22)23)18(13-16)25-14-15-3-4-15/h5-6,13,15H,2-4,7-12,14H2,1H3,(H,22,23). The smallest absolute Gasteiger partial charge is 0.339 e. The first-order chi connectivity index (χ1) is 12.2. The number of carboxylic acid groups (broad SMARTS) is 1. The van der Waals surface area contributed by atoms with E-state index in [1.807, 2.05) is 12.1 Å². The maximum Gasteiger partial charge on any atom is 0.339 e. The first-order valence-corrected chi connectivity index (χ1v) is 9.22. The third kappa shape index (κ3) is 5.09. The van der Waals surface area contributed by atoms with E-state index in [0.717, 1.165) is 51.6 Å². The molecule has 3 rings (SSSR count). The topological polar surface area (TPSA) is 62.2 Å². The van der Waals surface area contributed by atoms with Crippen LogP contribution in [0.25, 0.3) is 0 Å². The summed E-state index contributed by atoms with van der Waals surface area (Å²) in [5, 5.41) is 9.39. The van der Waals surface area contributed by atoms with Crippen LogP contribution in [0.2, 0.25) is 0 Å². The van der Waals surface area contributed by atoms with E-state index in [0.29, 0.717) is 18.3 Å². The second kappa shape index (κ2) is 8.54. The number of hydrogen-bond acceptors (Lipinski definition) is 5. The van der Waals surface area contributed by atoms with Crippen LogP contribution in [-0.4, -0.2) is 68.5 Å². The zero-order chi connectivity index (χ0) is 17.6. The van der Waals surface area contributed by atoms with Crippen molar-refractivity contribution < 1.29 is 19.4 Å².